The molecule has 1 heterocycles. The van der Waals surface area contributed by atoms with E-state index < -0.39 is 0 Å². The summed E-state index contributed by atoms with van der Waals surface area (Å²) in [7, 11) is 0. The predicted molar refractivity (Wildman–Crippen MR) is 111 cm³/mol. The molecule has 0 unspecified atom stereocenters. The molecule has 0 saturated heterocycles. The van der Waals surface area contributed by atoms with E-state index in [0.717, 1.165) is 11.4 Å². The number of hydrogen-bond donors (Lipinski definition) is 2. The van der Waals surface area contributed by atoms with Gasteiger partial charge in [0.15, 0.2) is 17.5 Å². The lowest BCUT2D eigenvalue weighted by Crippen LogP contribution is -2.28. The minimum atomic E-state index is -0.262. The quantitative estimate of drug-likeness (QED) is 0.532. The highest BCUT2D eigenvalue weighted by Gasteiger charge is 2.08. The molecular formula is C20H18ClN3O3S. The molecule has 2 N–H and O–H groups in total. The highest BCUT2D eigenvalue weighted by molar-refractivity contribution is 7.13. The number of hydrogen-bond acceptors (Lipinski definition) is 6. The third kappa shape index (κ3) is 5.55. The van der Waals surface area contributed by atoms with Gasteiger partial charge >= 0.3 is 0 Å². The van der Waals surface area contributed by atoms with Crippen molar-refractivity contribution in [3.05, 3.63) is 70.2 Å². The van der Waals surface area contributed by atoms with Gasteiger partial charge in [0.25, 0.3) is 5.91 Å². The van der Waals surface area contributed by atoms with Crippen molar-refractivity contribution in [2.24, 2.45) is 0 Å². The standard InChI is InChI=1S/C20H18ClN3O3S/c1-13(25)14-6-8-15(9-7-14)23-20-24-16(12-28-20)10-22-19(26)11-27-18-5-3-2-4-17(18)21/h2-9,12H,10-11H2,1H3,(H,22,26)(H,23,24). The Balaban J connectivity index is 1.47. The molecule has 0 radical (unpaired) electrons. The number of carbonyl (C=O) groups excluding carboxylic acids is 2. The average molecular weight is 416 g/mol. The summed E-state index contributed by atoms with van der Waals surface area (Å²) in [5.74, 6) is 0.231. The zero-order valence-electron chi connectivity index (χ0n) is 15.1. The van der Waals surface area contributed by atoms with Gasteiger partial charge in [0.1, 0.15) is 5.75 Å². The average Bonchev–Trinajstić information content (AvgIpc) is 3.13. The first kappa shape index (κ1) is 19.9. The zero-order chi connectivity index (χ0) is 19.9. The predicted octanol–water partition coefficient (Wildman–Crippen LogP) is 4.44. The van der Waals surface area contributed by atoms with Crippen molar-refractivity contribution in [3.8, 4) is 5.75 Å². The summed E-state index contributed by atoms with van der Waals surface area (Å²) < 4.78 is 5.40. The molecule has 0 saturated carbocycles. The van der Waals surface area contributed by atoms with Gasteiger partial charge in [0.05, 0.1) is 17.3 Å². The summed E-state index contributed by atoms with van der Waals surface area (Å²) in [5, 5.41) is 8.96. The maximum absolute atomic E-state index is 11.9. The number of Topliss-reactive ketones (excluding diaryl/α,β-unsaturated/α-hetero) is 1. The second-order valence-electron chi connectivity index (χ2n) is 5.90. The van der Waals surface area contributed by atoms with Gasteiger partial charge in [0, 0.05) is 16.6 Å². The topological polar surface area (TPSA) is 80.3 Å². The van der Waals surface area contributed by atoms with E-state index in [9.17, 15) is 9.59 Å². The second kappa shape index (κ2) is 9.34. The lowest BCUT2D eigenvalue weighted by atomic mass is 10.1. The van der Waals surface area contributed by atoms with Gasteiger partial charge in [-0.05, 0) is 43.3 Å². The van der Waals surface area contributed by atoms with E-state index >= 15 is 0 Å². The lowest BCUT2D eigenvalue weighted by Gasteiger charge is -2.07. The van der Waals surface area contributed by atoms with E-state index in [0.29, 0.717) is 28.0 Å². The van der Waals surface area contributed by atoms with Crippen molar-refractivity contribution in [1.29, 1.82) is 0 Å². The number of rotatable bonds is 8. The first-order valence-electron chi connectivity index (χ1n) is 8.48. The van der Waals surface area contributed by atoms with Crippen LogP contribution in [0.5, 0.6) is 5.75 Å². The van der Waals surface area contributed by atoms with Crippen LogP contribution in [-0.2, 0) is 11.3 Å². The van der Waals surface area contributed by atoms with E-state index in [1.165, 1.54) is 18.3 Å². The Hall–Kier alpha value is -2.90. The molecule has 0 spiro atoms. The van der Waals surface area contributed by atoms with Gasteiger partial charge in [-0.25, -0.2) is 4.98 Å². The van der Waals surface area contributed by atoms with Gasteiger partial charge in [-0.1, -0.05) is 23.7 Å². The van der Waals surface area contributed by atoms with Gasteiger partial charge in [-0.15, -0.1) is 11.3 Å². The van der Waals surface area contributed by atoms with Crippen LogP contribution in [0.3, 0.4) is 0 Å². The smallest absolute Gasteiger partial charge is 0.258 e. The summed E-state index contributed by atoms with van der Waals surface area (Å²) in [6.45, 7) is 1.71. The Morgan fingerprint density at radius 2 is 1.89 bits per heavy atom. The van der Waals surface area contributed by atoms with Crippen LogP contribution in [0.1, 0.15) is 23.0 Å². The maximum atomic E-state index is 11.9. The van der Waals surface area contributed by atoms with Crippen LogP contribution in [0.2, 0.25) is 5.02 Å². The number of thiazole rings is 1. The first-order chi connectivity index (χ1) is 13.5. The Morgan fingerprint density at radius 3 is 2.61 bits per heavy atom. The summed E-state index contributed by atoms with van der Waals surface area (Å²) >= 11 is 7.41. The van der Waals surface area contributed by atoms with Crippen molar-refractivity contribution in [2.75, 3.05) is 11.9 Å². The van der Waals surface area contributed by atoms with Gasteiger partial charge in [-0.2, -0.15) is 0 Å². The van der Waals surface area contributed by atoms with Crippen molar-refractivity contribution >= 4 is 45.4 Å². The van der Waals surface area contributed by atoms with Crippen LogP contribution >= 0.6 is 22.9 Å². The van der Waals surface area contributed by atoms with Gasteiger partial charge in [0.2, 0.25) is 0 Å². The van der Waals surface area contributed by atoms with Crippen LogP contribution in [-0.4, -0.2) is 23.3 Å². The molecule has 0 bridgehead atoms. The van der Waals surface area contributed by atoms with Crippen molar-refractivity contribution in [2.45, 2.75) is 13.5 Å². The number of benzene rings is 2. The molecule has 1 amide bonds. The van der Waals surface area contributed by atoms with E-state index in [1.807, 2.05) is 17.5 Å². The summed E-state index contributed by atoms with van der Waals surface area (Å²) in [4.78, 5) is 27.7. The number of aromatic nitrogens is 1. The van der Waals surface area contributed by atoms with Crippen LogP contribution in [0.25, 0.3) is 0 Å². The zero-order valence-corrected chi connectivity index (χ0v) is 16.6. The largest absolute Gasteiger partial charge is 0.482 e. The molecule has 0 fully saturated rings. The SMILES string of the molecule is CC(=O)c1ccc(Nc2nc(CNC(=O)COc3ccccc3Cl)cs2)cc1. The monoisotopic (exact) mass is 415 g/mol. The Morgan fingerprint density at radius 1 is 1.14 bits per heavy atom. The van der Waals surface area contributed by atoms with Crippen LogP contribution in [0, 0.1) is 0 Å². The normalized spacial score (nSPS) is 10.4. The number of nitrogens with zero attached hydrogens (tertiary/aromatic N) is 1. The van der Waals surface area contributed by atoms with Crippen molar-refractivity contribution in [3.63, 3.8) is 0 Å². The molecule has 144 valence electrons. The fraction of sp³-hybridized carbons (Fsp3) is 0.150. The second-order valence-corrected chi connectivity index (χ2v) is 7.16. The molecular weight excluding hydrogens is 398 g/mol. The Bertz CT molecular complexity index is 973. The number of carbonyl (C=O) groups is 2. The molecule has 0 aliphatic carbocycles. The Kier molecular flexibility index (Phi) is 6.62. The summed E-state index contributed by atoms with van der Waals surface area (Å²) in [6, 6.07) is 14.2. The van der Waals surface area contributed by atoms with Crippen LogP contribution in [0.15, 0.2) is 53.9 Å². The van der Waals surface area contributed by atoms with E-state index in [1.54, 1.807) is 36.4 Å². The molecule has 0 aliphatic heterocycles. The molecule has 6 nitrogen and oxygen atoms in total. The highest BCUT2D eigenvalue weighted by atomic mass is 35.5. The van der Waals surface area contributed by atoms with Gasteiger partial charge in [-0.3, -0.25) is 9.59 Å². The highest BCUT2D eigenvalue weighted by Crippen LogP contribution is 2.23. The number of amides is 1. The third-order valence-electron chi connectivity index (χ3n) is 3.76. The molecule has 0 atom stereocenters. The molecule has 3 aromatic rings. The number of ketones is 1. The Labute approximate surface area is 171 Å². The first-order valence-corrected chi connectivity index (χ1v) is 9.73. The van der Waals surface area contributed by atoms with E-state index in [4.69, 9.17) is 16.3 Å². The minimum absolute atomic E-state index is 0.0253. The number of ether oxygens (including phenoxy) is 1. The third-order valence-corrected chi connectivity index (χ3v) is 4.88. The molecule has 2 aromatic carbocycles. The van der Waals surface area contributed by atoms with Crippen LogP contribution in [0.4, 0.5) is 10.8 Å². The van der Waals surface area contributed by atoms with E-state index in [2.05, 4.69) is 15.6 Å². The fourth-order valence-electron chi connectivity index (χ4n) is 2.30. The molecule has 8 heteroatoms. The lowest BCUT2D eigenvalue weighted by molar-refractivity contribution is -0.123. The van der Waals surface area contributed by atoms with Crippen molar-refractivity contribution in [1.82, 2.24) is 10.3 Å². The number of halogens is 1. The number of anilines is 2. The van der Waals surface area contributed by atoms with Gasteiger partial charge < -0.3 is 15.4 Å². The number of nitrogens with one attached hydrogen (secondary N) is 2. The minimum Gasteiger partial charge on any atom is -0.482 e. The maximum Gasteiger partial charge on any atom is 0.258 e. The summed E-state index contributed by atoms with van der Waals surface area (Å²) in [6.07, 6.45) is 0. The van der Waals surface area contributed by atoms with Crippen LogP contribution < -0.4 is 15.4 Å². The molecule has 28 heavy (non-hydrogen) atoms. The number of para-hydroxylation sites is 1. The molecule has 0 aliphatic rings. The summed E-state index contributed by atoms with van der Waals surface area (Å²) in [5.41, 5.74) is 2.23. The fourth-order valence-corrected chi connectivity index (χ4v) is 3.22. The van der Waals surface area contributed by atoms with E-state index in [-0.39, 0.29) is 18.3 Å². The molecule has 3 rings (SSSR count). The molecule has 1 aromatic heterocycles. The van der Waals surface area contributed by atoms with Crippen molar-refractivity contribution < 1.29 is 14.3 Å².